The zero-order chi connectivity index (χ0) is 13.9. The number of likely N-dealkylation sites (N-methyl/N-ethyl adjacent to an activating group) is 1. The van der Waals surface area contributed by atoms with Crippen LogP contribution in [0.1, 0.15) is 19.8 Å². The maximum atomic E-state index is 13.5. The molecule has 1 atom stereocenters. The summed E-state index contributed by atoms with van der Waals surface area (Å²) in [5.41, 5.74) is -0.812. The summed E-state index contributed by atoms with van der Waals surface area (Å²) in [5, 5.41) is 12.5. The van der Waals surface area contributed by atoms with Crippen LogP contribution < -0.4 is 10.1 Å². The van der Waals surface area contributed by atoms with Gasteiger partial charge in [-0.2, -0.15) is 9.65 Å². The minimum atomic E-state index is -1.01. The van der Waals surface area contributed by atoms with Crippen molar-refractivity contribution >= 4 is 0 Å². The van der Waals surface area contributed by atoms with Crippen LogP contribution in [0.4, 0.5) is 8.78 Å². The molecule has 3 nitrogen and oxygen atoms in total. The van der Waals surface area contributed by atoms with Crippen LogP contribution in [0.2, 0.25) is 0 Å². The first-order valence-corrected chi connectivity index (χ1v) is 6.36. The summed E-state index contributed by atoms with van der Waals surface area (Å²) < 4.78 is 31.9. The van der Waals surface area contributed by atoms with Gasteiger partial charge in [-0.3, -0.25) is 5.32 Å². The Bertz CT molecular complexity index is 497. The van der Waals surface area contributed by atoms with Crippen LogP contribution >= 0.6 is 0 Å². The summed E-state index contributed by atoms with van der Waals surface area (Å²) in [6.07, 6.45) is 1.91. The molecule has 0 radical (unpaired) electrons. The van der Waals surface area contributed by atoms with Gasteiger partial charge in [-0.15, -0.1) is 0 Å². The Morgan fingerprint density at radius 2 is 2.21 bits per heavy atom. The lowest BCUT2D eigenvalue weighted by molar-refractivity contribution is 0.196. The fraction of sp³-hybridized carbons (Fsp3) is 0.500. The quantitative estimate of drug-likeness (QED) is 0.861. The summed E-state index contributed by atoms with van der Waals surface area (Å²) in [5.74, 6) is -1.90. The Labute approximate surface area is 111 Å². The SMILES string of the molecule is CCNC(C#N)(COc1cccc(F)c1F)C1CC1. The summed E-state index contributed by atoms with van der Waals surface area (Å²) in [6, 6.07) is 6.00. The first kappa shape index (κ1) is 13.8. The van der Waals surface area contributed by atoms with Gasteiger partial charge in [-0.1, -0.05) is 13.0 Å². The molecule has 2 rings (SSSR count). The van der Waals surface area contributed by atoms with E-state index in [1.807, 2.05) is 6.92 Å². The summed E-state index contributed by atoms with van der Waals surface area (Å²) >= 11 is 0. The molecule has 0 bridgehead atoms. The van der Waals surface area contributed by atoms with Gasteiger partial charge in [0, 0.05) is 0 Å². The molecule has 0 heterocycles. The molecule has 1 aliphatic rings. The van der Waals surface area contributed by atoms with Gasteiger partial charge in [0.1, 0.15) is 12.1 Å². The fourth-order valence-electron chi connectivity index (χ4n) is 2.15. The molecule has 19 heavy (non-hydrogen) atoms. The lowest BCUT2D eigenvalue weighted by Crippen LogP contribution is -2.51. The highest BCUT2D eigenvalue weighted by Crippen LogP contribution is 2.40. The first-order chi connectivity index (χ1) is 9.13. The Morgan fingerprint density at radius 1 is 1.47 bits per heavy atom. The van der Waals surface area contributed by atoms with E-state index in [1.54, 1.807) is 0 Å². The van der Waals surface area contributed by atoms with E-state index >= 15 is 0 Å². The van der Waals surface area contributed by atoms with Gasteiger partial charge in [0.25, 0.3) is 0 Å². The van der Waals surface area contributed by atoms with Crippen LogP contribution in [0, 0.1) is 28.9 Å². The highest BCUT2D eigenvalue weighted by molar-refractivity contribution is 5.26. The van der Waals surface area contributed by atoms with Gasteiger partial charge in [0.2, 0.25) is 5.82 Å². The number of nitrogens with one attached hydrogen (secondary N) is 1. The van der Waals surface area contributed by atoms with Crippen LogP contribution in [-0.4, -0.2) is 18.7 Å². The molecule has 1 fully saturated rings. The molecule has 5 heteroatoms. The fourth-order valence-corrected chi connectivity index (χ4v) is 2.15. The molecule has 1 saturated carbocycles. The molecular formula is C14H16F2N2O. The second-order valence-corrected chi connectivity index (χ2v) is 4.73. The second kappa shape index (κ2) is 5.54. The standard InChI is InChI=1S/C14H16F2N2O/c1-2-18-14(8-17,10-6-7-10)9-19-12-5-3-4-11(15)13(12)16/h3-5,10,18H,2,6-7,9H2,1H3. The van der Waals surface area contributed by atoms with Crippen LogP contribution in [0.25, 0.3) is 0 Å². The van der Waals surface area contributed by atoms with Crippen LogP contribution in [-0.2, 0) is 0 Å². The van der Waals surface area contributed by atoms with Crippen molar-refractivity contribution in [3.63, 3.8) is 0 Å². The molecule has 0 aliphatic heterocycles. The van der Waals surface area contributed by atoms with Crippen molar-refractivity contribution in [2.24, 2.45) is 5.92 Å². The van der Waals surface area contributed by atoms with Crippen LogP contribution in [0.3, 0.4) is 0 Å². The lowest BCUT2D eigenvalue weighted by Gasteiger charge is -2.27. The predicted molar refractivity (Wildman–Crippen MR) is 66.6 cm³/mol. The molecule has 1 aromatic rings. The third kappa shape index (κ3) is 2.85. The van der Waals surface area contributed by atoms with Gasteiger partial charge < -0.3 is 4.74 Å². The molecule has 1 aliphatic carbocycles. The number of hydrogen-bond acceptors (Lipinski definition) is 3. The third-order valence-electron chi connectivity index (χ3n) is 3.34. The molecular weight excluding hydrogens is 250 g/mol. The minimum absolute atomic E-state index is 0.0163. The van der Waals surface area contributed by atoms with Gasteiger partial charge in [0.15, 0.2) is 11.6 Å². The number of hydrogen-bond donors (Lipinski definition) is 1. The minimum Gasteiger partial charge on any atom is -0.487 e. The highest BCUT2D eigenvalue weighted by atomic mass is 19.2. The number of nitrogens with zero attached hydrogens (tertiary/aromatic N) is 1. The topological polar surface area (TPSA) is 45.0 Å². The van der Waals surface area contributed by atoms with E-state index in [-0.39, 0.29) is 18.3 Å². The zero-order valence-corrected chi connectivity index (χ0v) is 10.7. The van der Waals surface area contributed by atoms with E-state index < -0.39 is 17.2 Å². The highest BCUT2D eigenvalue weighted by Gasteiger charge is 2.46. The monoisotopic (exact) mass is 266 g/mol. The maximum absolute atomic E-state index is 13.5. The van der Waals surface area contributed by atoms with Crippen LogP contribution in [0.5, 0.6) is 5.75 Å². The smallest absolute Gasteiger partial charge is 0.200 e. The van der Waals surface area contributed by atoms with E-state index in [9.17, 15) is 14.0 Å². The van der Waals surface area contributed by atoms with E-state index in [1.165, 1.54) is 12.1 Å². The number of rotatable bonds is 6. The van der Waals surface area contributed by atoms with Crippen molar-refractivity contribution in [1.82, 2.24) is 5.32 Å². The Balaban J connectivity index is 2.11. The van der Waals surface area contributed by atoms with Crippen molar-refractivity contribution in [3.05, 3.63) is 29.8 Å². The number of benzene rings is 1. The lowest BCUT2D eigenvalue weighted by atomic mass is 9.96. The Kier molecular flexibility index (Phi) is 4.01. The molecule has 1 N–H and O–H groups in total. The third-order valence-corrected chi connectivity index (χ3v) is 3.34. The van der Waals surface area contributed by atoms with E-state index in [0.717, 1.165) is 18.9 Å². The van der Waals surface area contributed by atoms with Crippen molar-refractivity contribution < 1.29 is 13.5 Å². The summed E-state index contributed by atoms with van der Waals surface area (Å²) in [7, 11) is 0. The van der Waals surface area contributed by atoms with Gasteiger partial charge in [-0.25, -0.2) is 4.39 Å². The van der Waals surface area contributed by atoms with E-state index in [2.05, 4.69) is 11.4 Å². The molecule has 1 unspecified atom stereocenters. The van der Waals surface area contributed by atoms with Gasteiger partial charge in [0.05, 0.1) is 6.07 Å². The number of ether oxygens (including phenoxy) is 1. The molecule has 0 spiro atoms. The normalized spacial score (nSPS) is 17.6. The molecule has 1 aromatic carbocycles. The van der Waals surface area contributed by atoms with E-state index in [4.69, 9.17) is 4.74 Å². The van der Waals surface area contributed by atoms with Crippen LogP contribution in [0.15, 0.2) is 18.2 Å². The molecule has 0 aromatic heterocycles. The molecule has 0 saturated heterocycles. The summed E-state index contributed by atoms with van der Waals surface area (Å²) in [4.78, 5) is 0. The average Bonchev–Trinajstić information content (AvgIpc) is 3.24. The number of halogens is 2. The Hall–Kier alpha value is -1.67. The zero-order valence-electron chi connectivity index (χ0n) is 10.7. The van der Waals surface area contributed by atoms with Crippen molar-refractivity contribution in [2.45, 2.75) is 25.3 Å². The largest absolute Gasteiger partial charge is 0.487 e. The summed E-state index contributed by atoms with van der Waals surface area (Å²) in [6.45, 7) is 2.54. The molecule has 102 valence electrons. The number of nitriles is 1. The van der Waals surface area contributed by atoms with Gasteiger partial charge in [-0.05, 0) is 37.4 Å². The van der Waals surface area contributed by atoms with E-state index in [0.29, 0.717) is 6.54 Å². The average molecular weight is 266 g/mol. The predicted octanol–water partition coefficient (Wildman–Crippen LogP) is 2.63. The van der Waals surface area contributed by atoms with Crippen molar-refractivity contribution in [3.8, 4) is 11.8 Å². The second-order valence-electron chi connectivity index (χ2n) is 4.73. The molecule has 0 amide bonds. The van der Waals surface area contributed by atoms with Crippen molar-refractivity contribution in [1.29, 1.82) is 5.26 Å². The maximum Gasteiger partial charge on any atom is 0.200 e. The van der Waals surface area contributed by atoms with Crippen molar-refractivity contribution in [2.75, 3.05) is 13.2 Å². The van der Waals surface area contributed by atoms with Gasteiger partial charge >= 0.3 is 0 Å². The first-order valence-electron chi connectivity index (χ1n) is 6.36. The Morgan fingerprint density at radius 3 is 2.79 bits per heavy atom.